The normalized spacial score (nSPS) is 10.9. The number of ether oxygens (including phenoxy) is 1. The summed E-state index contributed by atoms with van der Waals surface area (Å²) in [6, 6.07) is 0. The van der Waals surface area contributed by atoms with E-state index in [4.69, 9.17) is 10.5 Å². The van der Waals surface area contributed by atoms with Gasteiger partial charge in [0.1, 0.15) is 0 Å². The van der Waals surface area contributed by atoms with Gasteiger partial charge < -0.3 is 15.4 Å². The molecule has 0 aromatic carbocycles. The van der Waals surface area contributed by atoms with Crippen molar-refractivity contribution in [1.29, 1.82) is 0 Å². The van der Waals surface area contributed by atoms with Gasteiger partial charge in [-0.25, -0.2) is 0 Å². The van der Waals surface area contributed by atoms with Crippen molar-refractivity contribution < 1.29 is 4.74 Å². The molecule has 1 aromatic rings. The molecule has 0 aliphatic heterocycles. The van der Waals surface area contributed by atoms with Crippen LogP contribution in [0.15, 0.2) is 0 Å². The molecule has 0 fully saturated rings. The zero-order valence-electron chi connectivity index (χ0n) is 8.73. The summed E-state index contributed by atoms with van der Waals surface area (Å²) >= 11 is 1.30. The van der Waals surface area contributed by atoms with Gasteiger partial charge in [-0.05, 0) is 13.8 Å². The fourth-order valence-electron chi connectivity index (χ4n) is 0.902. The average molecular weight is 216 g/mol. The summed E-state index contributed by atoms with van der Waals surface area (Å²) in [5.41, 5.74) is 5.42. The Morgan fingerprint density at radius 3 is 2.79 bits per heavy atom. The van der Waals surface area contributed by atoms with Crippen molar-refractivity contribution in [2.75, 3.05) is 30.8 Å². The monoisotopic (exact) mass is 216 g/mol. The molecule has 1 aromatic heterocycles. The van der Waals surface area contributed by atoms with E-state index in [0.29, 0.717) is 12.6 Å². The summed E-state index contributed by atoms with van der Waals surface area (Å²) in [5, 5.41) is 0.829. The molecular weight excluding hydrogens is 200 g/mol. The van der Waals surface area contributed by atoms with Crippen LogP contribution >= 0.6 is 11.5 Å². The molecule has 0 saturated heterocycles. The number of hydrogen-bond acceptors (Lipinski definition) is 6. The van der Waals surface area contributed by atoms with Gasteiger partial charge in [0.05, 0.1) is 12.7 Å². The Balaban J connectivity index is 2.32. The first-order chi connectivity index (χ1) is 6.59. The highest BCUT2D eigenvalue weighted by atomic mass is 32.1. The van der Waals surface area contributed by atoms with Gasteiger partial charge in [-0.3, -0.25) is 0 Å². The SMILES string of the molecule is CC(C)OCCN(C)c1nc(N)ns1. The quantitative estimate of drug-likeness (QED) is 0.795. The number of nitrogens with two attached hydrogens (primary N) is 1. The van der Waals surface area contributed by atoms with Crippen LogP contribution in [0.5, 0.6) is 0 Å². The topological polar surface area (TPSA) is 64.3 Å². The zero-order valence-corrected chi connectivity index (χ0v) is 9.54. The molecular formula is C8H16N4OS. The second-order valence-electron chi connectivity index (χ2n) is 3.28. The summed E-state index contributed by atoms with van der Waals surface area (Å²) in [6.07, 6.45) is 0.267. The van der Waals surface area contributed by atoms with Gasteiger partial charge in [0.2, 0.25) is 11.1 Å². The number of anilines is 2. The van der Waals surface area contributed by atoms with Crippen LogP contribution < -0.4 is 10.6 Å². The first-order valence-electron chi connectivity index (χ1n) is 4.51. The summed E-state index contributed by atoms with van der Waals surface area (Å²) in [6.45, 7) is 5.52. The molecule has 1 heterocycles. The van der Waals surface area contributed by atoms with Gasteiger partial charge in [0, 0.05) is 25.1 Å². The molecule has 0 unspecified atom stereocenters. The summed E-state index contributed by atoms with van der Waals surface area (Å²) in [4.78, 5) is 6.05. The number of nitrogen functional groups attached to an aromatic ring is 1. The number of hydrogen-bond donors (Lipinski definition) is 1. The molecule has 2 N–H and O–H groups in total. The lowest BCUT2D eigenvalue weighted by atomic mass is 10.5. The lowest BCUT2D eigenvalue weighted by Gasteiger charge is -2.15. The molecule has 1 rings (SSSR count). The molecule has 0 bridgehead atoms. The second kappa shape index (κ2) is 5.11. The Kier molecular flexibility index (Phi) is 4.09. The van der Waals surface area contributed by atoms with Crippen molar-refractivity contribution >= 4 is 22.6 Å². The third-order valence-corrected chi connectivity index (χ3v) is 2.48. The van der Waals surface area contributed by atoms with Crippen molar-refractivity contribution in [2.45, 2.75) is 20.0 Å². The molecule has 0 aliphatic carbocycles. The zero-order chi connectivity index (χ0) is 10.6. The minimum atomic E-state index is 0.267. The Morgan fingerprint density at radius 1 is 1.57 bits per heavy atom. The second-order valence-corrected chi connectivity index (χ2v) is 4.01. The lowest BCUT2D eigenvalue weighted by Crippen LogP contribution is -2.23. The van der Waals surface area contributed by atoms with Crippen LogP contribution in [0.4, 0.5) is 11.1 Å². The summed E-state index contributed by atoms with van der Waals surface area (Å²) in [7, 11) is 1.95. The van der Waals surface area contributed by atoms with Gasteiger partial charge in [-0.15, -0.1) is 0 Å². The predicted molar refractivity (Wildman–Crippen MR) is 58.7 cm³/mol. The Bertz CT molecular complexity index is 276. The van der Waals surface area contributed by atoms with Crippen molar-refractivity contribution in [1.82, 2.24) is 9.36 Å². The Morgan fingerprint density at radius 2 is 2.29 bits per heavy atom. The highest BCUT2D eigenvalue weighted by molar-refractivity contribution is 7.09. The average Bonchev–Trinajstić information content (AvgIpc) is 2.51. The third-order valence-electron chi connectivity index (χ3n) is 1.64. The molecule has 6 heteroatoms. The Hall–Kier alpha value is -0.880. The van der Waals surface area contributed by atoms with E-state index in [9.17, 15) is 0 Å². The van der Waals surface area contributed by atoms with E-state index in [1.165, 1.54) is 11.5 Å². The van der Waals surface area contributed by atoms with Crippen molar-refractivity contribution in [3.05, 3.63) is 0 Å². The first-order valence-corrected chi connectivity index (χ1v) is 5.29. The molecule has 0 amide bonds. The molecule has 0 radical (unpaired) electrons. The molecule has 14 heavy (non-hydrogen) atoms. The maximum absolute atomic E-state index is 5.42. The molecule has 0 saturated carbocycles. The minimum absolute atomic E-state index is 0.267. The van der Waals surface area contributed by atoms with E-state index >= 15 is 0 Å². The lowest BCUT2D eigenvalue weighted by molar-refractivity contribution is 0.0846. The van der Waals surface area contributed by atoms with Gasteiger partial charge >= 0.3 is 0 Å². The Labute approximate surface area is 88.1 Å². The smallest absolute Gasteiger partial charge is 0.233 e. The van der Waals surface area contributed by atoms with Crippen LogP contribution in [0.2, 0.25) is 0 Å². The number of likely N-dealkylation sites (N-methyl/N-ethyl adjacent to an activating group) is 1. The van der Waals surface area contributed by atoms with Crippen LogP contribution in [-0.4, -0.2) is 35.7 Å². The highest BCUT2D eigenvalue weighted by Crippen LogP contribution is 2.15. The van der Waals surface area contributed by atoms with Gasteiger partial charge in [-0.1, -0.05) is 0 Å². The molecule has 5 nitrogen and oxygen atoms in total. The van der Waals surface area contributed by atoms with E-state index in [-0.39, 0.29) is 6.10 Å². The van der Waals surface area contributed by atoms with E-state index in [1.54, 1.807) is 0 Å². The standard InChI is InChI=1S/C8H16N4OS/c1-6(2)13-5-4-12(3)8-10-7(9)11-14-8/h6H,4-5H2,1-3H3,(H2,9,11). The van der Waals surface area contributed by atoms with E-state index in [1.807, 2.05) is 25.8 Å². The highest BCUT2D eigenvalue weighted by Gasteiger charge is 2.06. The molecule has 80 valence electrons. The maximum atomic E-state index is 5.42. The summed E-state index contributed by atoms with van der Waals surface area (Å²) < 4.78 is 9.33. The van der Waals surface area contributed by atoms with Crippen LogP contribution in [-0.2, 0) is 4.74 Å². The van der Waals surface area contributed by atoms with E-state index in [0.717, 1.165) is 11.7 Å². The third kappa shape index (κ3) is 3.47. The van der Waals surface area contributed by atoms with Crippen LogP contribution in [0.3, 0.4) is 0 Å². The fraction of sp³-hybridized carbons (Fsp3) is 0.750. The summed E-state index contributed by atoms with van der Waals surface area (Å²) in [5.74, 6) is 0.335. The van der Waals surface area contributed by atoms with E-state index < -0.39 is 0 Å². The fourth-order valence-corrected chi connectivity index (χ4v) is 1.48. The molecule has 0 spiro atoms. The van der Waals surface area contributed by atoms with Crippen molar-refractivity contribution in [3.8, 4) is 0 Å². The van der Waals surface area contributed by atoms with Crippen LogP contribution in [0.25, 0.3) is 0 Å². The predicted octanol–water partition coefficient (Wildman–Crippen LogP) is 0.982. The van der Waals surface area contributed by atoms with Crippen LogP contribution in [0.1, 0.15) is 13.8 Å². The number of aromatic nitrogens is 2. The van der Waals surface area contributed by atoms with Gasteiger partial charge in [0.25, 0.3) is 0 Å². The molecule has 0 atom stereocenters. The maximum Gasteiger partial charge on any atom is 0.233 e. The minimum Gasteiger partial charge on any atom is -0.377 e. The van der Waals surface area contributed by atoms with Gasteiger partial charge in [0.15, 0.2) is 0 Å². The number of nitrogens with zero attached hydrogens (tertiary/aromatic N) is 3. The van der Waals surface area contributed by atoms with Crippen molar-refractivity contribution in [2.24, 2.45) is 0 Å². The largest absolute Gasteiger partial charge is 0.377 e. The molecule has 0 aliphatic rings. The van der Waals surface area contributed by atoms with Crippen LogP contribution in [0, 0.1) is 0 Å². The van der Waals surface area contributed by atoms with Gasteiger partial charge in [-0.2, -0.15) is 9.36 Å². The number of rotatable bonds is 5. The van der Waals surface area contributed by atoms with Crippen molar-refractivity contribution in [3.63, 3.8) is 0 Å². The van der Waals surface area contributed by atoms with E-state index in [2.05, 4.69) is 9.36 Å². The first kappa shape index (κ1) is 11.2.